The lowest BCUT2D eigenvalue weighted by molar-refractivity contribution is 0.0989. The van der Waals surface area contributed by atoms with E-state index < -0.39 is 17.5 Å². The lowest BCUT2D eigenvalue weighted by Gasteiger charge is -2.29. The van der Waals surface area contributed by atoms with Gasteiger partial charge in [0.1, 0.15) is 17.5 Å². The number of amides is 1. The predicted octanol–water partition coefficient (Wildman–Crippen LogP) is 5.42. The number of anilines is 1. The Balaban J connectivity index is 1.45. The van der Waals surface area contributed by atoms with Crippen LogP contribution in [0.2, 0.25) is 5.02 Å². The summed E-state index contributed by atoms with van der Waals surface area (Å²) in [7, 11) is 0. The number of halogens is 2. The highest BCUT2D eigenvalue weighted by atomic mass is 35.5. The molecule has 1 saturated heterocycles. The highest BCUT2D eigenvalue weighted by molar-refractivity contribution is 7.12. The second-order valence-corrected chi connectivity index (χ2v) is 9.13. The van der Waals surface area contributed by atoms with E-state index in [1.807, 2.05) is 4.90 Å². The van der Waals surface area contributed by atoms with Crippen molar-refractivity contribution in [2.75, 3.05) is 18.4 Å². The van der Waals surface area contributed by atoms with Crippen LogP contribution in [0, 0.1) is 11.2 Å². The number of Topliss-reactive ketones (excluding diaryl/α,β-unsaturated/α-hetero) is 1. The Labute approximate surface area is 199 Å². The zero-order valence-electron chi connectivity index (χ0n) is 17.7. The molecule has 6 nitrogen and oxygen atoms in total. The van der Waals surface area contributed by atoms with Crippen LogP contribution in [0.1, 0.15) is 50.4 Å². The van der Waals surface area contributed by atoms with Crippen molar-refractivity contribution in [2.45, 2.75) is 25.7 Å². The molecule has 2 aromatic heterocycles. The van der Waals surface area contributed by atoms with Gasteiger partial charge in [0.15, 0.2) is 5.78 Å². The number of hydrogen-bond donors (Lipinski definition) is 2. The molecule has 2 N–H and O–H groups in total. The highest BCUT2D eigenvalue weighted by Gasteiger charge is 2.21. The number of nitrogens with one attached hydrogen (secondary N) is 2. The van der Waals surface area contributed by atoms with E-state index in [2.05, 4.69) is 10.3 Å². The van der Waals surface area contributed by atoms with Gasteiger partial charge in [-0.3, -0.25) is 15.0 Å². The van der Waals surface area contributed by atoms with Crippen LogP contribution in [0.25, 0.3) is 0 Å². The van der Waals surface area contributed by atoms with E-state index in [9.17, 15) is 14.0 Å². The standard InChI is InChI=1S/C24H22ClFN4O2S/c25-17-5-7-21(28-14-17)29-24(32)22-15(8-11-33-22)13-20(31)18-6-4-16(12-19(18)26)23(27)30-9-2-1-3-10-30/h4-8,11-12,14,27H,1-3,9-10,13H2,(H,28,29,32). The molecule has 33 heavy (non-hydrogen) atoms. The second kappa shape index (κ2) is 10.2. The molecule has 0 saturated carbocycles. The molecule has 0 atom stereocenters. The summed E-state index contributed by atoms with van der Waals surface area (Å²) in [5, 5.41) is 13.2. The number of amidine groups is 1. The Morgan fingerprint density at radius 3 is 2.64 bits per heavy atom. The zero-order chi connectivity index (χ0) is 23.4. The molecule has 1 aliphatic heterocycles. The van der Waals surface area contributed by atoms with Gasteiger partial charge in [0.25, 0.3) is 5.91 Å². The smallest absolute Gasteiger partial charge is 0.267 e. The quantitative estimate of drug-likeness (QED) is 0.278. The molecule has 3 aromatic rings. The first-order chi connectivity index (χ1) is 15.9. The number of aromatic nitrogens is 1. The summed E-state index contributed by atoms with van der Waals surface area (Å²) in [5.41, 5.74) is 0.917. The Morgan fingerprint density at radius 2 is 1.94 bits per heavy atom. The maximum absolute atomic E-state index is 14.8. The Bertz CT molecular complexity index is 1190. The van der Waals surface area contributed by atoms with E-state index in [1.165, 1.54) is 29.7 Å². The van der Waals surface area contributed by atoms with E-state index in [0.717, 1.165) is 32.4 Å². The van der Waals surface area contributed by atoms with E-state index in [-0.39, 0.29) is 17.8 Å². The average Bonchev–Trinajstić information content (AvgIpc) is 3.28. The lowest BCUT2D eigenvalue weighted by atomic mass is 10.0. The number of hydrogen-bond acceptors (Lipinski definition) is 5. The lowest BCUT2D eigenvalue weighted by Crippen LogP contribution is -2.35. The molecule has 3 heterocycles. The first-order valence-electron chi connectivity index (χ1n) is 10.6. The molecule has 1 aromatic carbocycles. The fourth-order valence-corrected chi connectivity index (χ4v) is 4.68. The van der Waals surface area contributed by atoms with Crippen molar-refractivity contribution in [3.05, 3.63) is 80.4 Å². The van der Waals surface area contributed by atoms with Crippen LogP contribution in [-0.2, 0) is 6.42 Å². The van der Waals surface area contributed by atoms with E-state index in [0.29, 0.717) is 26.8 Å². The molecule has 0 spiro atoms. The summed E-state index contributed by atoms with van der Waals surface area (Å²) in [6, 6.07) is 9.16. The number of nitrogens with zero attached hydrogens (tertiary/aromatic N) is 2. The number of benzene rings is 1. The molecule has 1 fully saturated rings. The summed E-state index contributed by atoms with van der Waals surface area (Å²) >= 11 is 7.01. The van der Waals surface area contributed by atoms with Gasteiger partial charge in [-0.1, -0.05) is 17.7 Å². The van der Waals surface area contributed by atoms with Crippen molar-refractivity contribution in [1.29, 1.82) is 5.41 Å². The number of carbonyl (C=O) groups is 2. The van der Waals surface area contributed by atoms with Gasteiger partial charge in [-0.2, -0.15) is 0 Å². The topological polar surface area (TPSA) is 86.1 Å². The van der Waals surface area contributed by atoms with Crippen LogP contribution in [0.3, 0.4) is 0 Å². The summed E-state index contributed by atoms with van der Waals surface area (Å²) in [6.07, 6.45) is 4.50. The largest absolute Gasteiger partial charge is 0.357 e. The Hall–Kier alpha value is -3.10. The van der Waals surface area contributed by atoms with Crippen molar-refractivity contribution in [1.82, 2.24) is 9.88 Å². The van der Waals surface area contributed by atoms with E-state index >= 15 is 0 Å². The van der Waals surface area contributed by atoms with Gasteiger partial charge in [0.05, 0.1) is 15.5 Å². The average molecular weight is 485 g/mol. The third kappa shape index (κ3) is 5.46. The fourth-order valence-electron chi connectivity index (χ4n) is 3.75. The molecule has 1 aliphatic rings. The number of ketones is 1. The normalized spacial score (nSPS) is 13.6. The van der Waals surface area contributed by atoms with Crippen molar-refractivity contribution in [3.63, 3.8) is 0 Å². The van der Waals surface area contributed by atoms with Gasteiger partial charge in [-0.25, -0.2) is 9.37 Å². The Kier molecular flexibility index (Phi) is 7.15. The first-order valence-corrected chi connectivity index (χ1v) is 11.8. The van der Waals surface area contributed by atoms with Gasteiger partial charge in [-0.15, -0.1) is 11.3 Å². The SMILES string of the molecule is N=C(c1ccc(C(=O)Cc2ccsc2C(=O)Nc2ccc(Cl)cn2)c(F)c1)N1CCCCC1. The number of pyridine rings is 1. The van der Waals surface area contributed by atoms with Crippen LogP contribution in [0.4, 0.5) is 10.2 Å². The molecular weight excluding hydrogens is 463 g/mol. The van der Waals surface area contributed by atoms with E-state index in [4.69, 9.17) is 17.0 Å². The molecule has 0 unspecified atom stereocenters. The second-order valence-electron chi connectivity index (χ2n) is 7.78. The van der Waals surface area contributed by atoms with Crippen molar-refractivity contribution < 1.29 is 14.0 Å². The number of thiophene rings is 1. The predicted molar refractivity (Wildman–Crippen MR) is 128 cm³/mol. The Morgan fingerprint density at radius 1 is 1.15 bits per heavy atom. The third-order valence-electron chi connectivity index (χ3n) is 5.49. The zero-order valence-corrected chi connectivity index (χ0v) is 19.3. The van der Waals surface area contributed by atoms with Crippen molar-refractivity contribution >= 4 is 46.3 Å². The monoisotopic (exact) mass is 484 g/mol. The number of carbonyl (C=O) groups excluding carboxylic acids is 2. The fraction of sp³-hybridized carbons (Fsp3) is 0.250. The minimum atomic E-state index is -0.661. The molecule has 1 amide bonds. The highest BCUT2D eigenvalue weighted by Crippen LogP contribution is 2.22. The van der Waals surface area contributed by atoms with Gasteiger partial charge >= 0.3 is 0 Å². The van der Waals surface area contributed by atoms with E-state index in [1.54, 1.807) is 29.6 Å². The van der Waals surface area contributed by atoms with Gasteiger partial charge < -0.3 is 10.2 Å². The summed E-state index contributed by atoms with van der Waals surface area (Å²) in [5.74, 6) is -0.868. The minimum absolute atomic E-state index is 0.0536. The molecule has 9 heteroatoms. The number of piperidine rings is 1. The van der Waals surface area contributed by atoms with Gasteiger partial charge in [0.2, 0.25) is 0 Å². The summed E-state index contributed by atoms with van der Waals surface area (Å²) < 4.78 is 14.8. The number of likely N-dealkylation sites (tertiary alicyclic amines) is 1. The molecular formula is C24H22ClFN4O2S. The molecule has 0 bridgehead atoms. The molecule has 170 valence electrons. The maximum Gasteiger partial charge on any atom is 0.267 e. The summed E-state index contributed by atoms with van der Waals surface area (Å²) in [4.78, 5) is 31.8. The number of rotatable bonds is 6. The van der Waals surface area contributed by atoms with Gasteiger partial charge in [0, 0.05) is 31.3 Å². The van der Waals surface area contributed by atoms with Crippen molar-refractivity contribution in [3.8, 4) is 0 Å². The minimum Gasteiger partial charge on any atom is -0.357 e. The maximum atomic E-state index is 14.8. The van der Waals surface area contributed by atoms with Crippen LogP contribution in [0.15, 0.2) is 48.0 Å². The first kappa shape index (κ1) is 23.1. The van der Waals surface area contributed by atoms with Crippen LogP contribution < -0.4 is 5.32 Å². The molecule has 0 radical (unpaired) electrons. The van der Waals surface area contributed by atoms with Crippen LogP contribution >= 0.6 is 22.9 Å². The van der Waals surface area contributed by atoms with Crippen LogP contribution in [-0.4, -0.2) is 40.5 Å². The molecule has 4 rings (SSSR count). The van der Waals surface area contributed by atoms with Crippen LogP contribution in [0.5, 0.6) is 0 Å². The van der Waals surface area contributed by atoms with Gasteiger partial charge in [-0.05, 0) is 60.5 Å². The third-order valence-corrected chi connectivity index (χ3v) is 6.67. The summed E-state index contributed by atoms with van der Waals surface area (Å²) in [6.45, 7) is 1.57. The van der Waals surface area contributed by atoms with Crippen molar-refractivity contribution in [2.24, 2.45) is 0 Å². The molecule has 0 aliphatic carbocycles.